The Morgan fingerprint density at radius 2 is 2.10 bits per heavy atom. The molecule has 3 rings (SSSR count). The molecule has 0 unspecified atom stereocenters. The SMILES string of the molecule is Cc1nc2ccc(NC(=O)c3ccc(Cl)nn3)cc2s1. The van der Waals surface area contributed by atoms with Gasteiger partial charge in [0, 0.05) is 5.69 Å². The van der Waals surface area contributed by atoms with Crippen LogP contribution in [0.4, 0.5) is 5.69 Å². The van der Waals surface area contributed by atoms with Gasteiger partial charge in [-0.25, -0.2) is 4.98 Å². The molecule has 0 aliphatic carbocycles. The zero-order chi connectivity index (χ0) is 14.1. The summed E-state index contributed by atoms with van der Waals surface area (Å²) < 4.78 is 1.03. The van der Waals surface area contributed by atoms with Crippen LogP contribution in [0.1, 0.15) is 15.5 Å². The van der Waals surface area contributed by atoms with Crippen LogP contribution < -0.4 is 5.32 Å². The molecule has 20 heavy (non-hydrogen) atoms. The molecule has 5 nitrogen and oxygen atoms in total. The molecular weight excluding hydrogens is 296 g/mol. The van der Waals surface area contributed by atoms with Crippen LogP contribution in [0.25, 0.3) is 10.2 Å². The Kier molecular flexibility index (Phi) is 3.33. The summed E-state index contributed by atoms with van der Waals surface area (Å²) in [6, 6.07) is 8.63. The Morgan fingerprint density at radius 1 is 1.25 bits per heavy atom. The molecule has 0 fully saturated rings. The van der Waals surface area contributed by atoms with Crippen molar-refractivity contribution in [3.05, 3.63) is 46.2 Å². The second-order valence-corrected chi connectivity index (χ2v) is 5.73. The number of rotatable bonds is 2. The maximum Gasteiger partial charge on any atom is 0.276 e. The molecule has 0 saturated carbocycles. The number of anilines is 1. The van der Waals surface area contributed by atoms with Gasteiger partial charge >= 0.3 is 0 Å². The Labute approximate surface area is 123 Å². The number of hydrogen-bond donors (Lipinski definition) is 1. The summed E-state index contributed by atoms with van der Waals surface area (Å²) >= 11 is 7.22. The standard InChI is InChI=1S/C13H9ClN4OS/c1-7-15-9-3-2-8(6-11(9)20-7)16-13(19)10-4-5-12(14)18-17-10/h2-6H,1H3,(H,16,19). The summed E-state index contributed by atoms with van der Waals surface area (Å²) in [6.07, 6.45) is 0. The van der Waals surface area contributed by atoms with E-state index < -0.39 is 0 Å². The molecule has 0 spiro atoms. The number of aryl methyl sites for hydroxylation is 1. The van der Waals surface area contributed by atoms with Gasteiger partial charge in [-0.15, -0.1) is 21.5 Å². The molecule has 1 aromatic carbocycles. The number of fused-ring (bicyclic) bond motifs is 1. The van der Waals surface area contributed by atoms with E-state index in [0.29, 0.717) is 5.69 Å². The van der Waals surface area contributed by atoms with Crippen molar-refractivity contribution in [1.29, 1.82) is 0 Å². The van der Waals surface area contributed by atoms with Gasteiger partial charge in [-0.05, 0) is 37.3 Å². The highest BCUT2D eigenvalue weighted by molar-refractivity contribution is 7.18. The maximum absolute atomic E-state index is 12.0. The summed E-state index contributed by atoms with van der Waals surface area (Å²) in [5.74, 6) is -0.324. The molecule has 0 aliphatic rings. The largest absolute Gasteiger partial charge is 0.321 e. The highest BCUT2D eigenvalue weighted by Crippen LogP contribution is 2.24. The van der Waals surface area contributed by atoms with Crippen molar-refractivity contribution in [1.82, 2.24) is 15.2 Å². The summed E-state index contributed by atoms with van der Waals surface area (Å²) in [6.45, 7) is 1.95. The van der Waals surface area contributed by atoms with Crippen molar-refractivity contribution in [2.75, 3.05) is 5.32 Å². The lowest BCUT2D eigenvalue weighted by atomic mass is 10.3. The third kappa shape index (κ3) is 2.61. The van der Waals surface area contributed by atoms with Crippen molar-refractivity contribution in [2.24, 2.45) is 0 Å². The highest BCUT2D eigenvalue weighted by Gasteiger charge is 2.09. The van der Waals surface area contributed by atoms with Crippen molar-refractivity contribution in [3.63, 3.8) is 0 Å². The van der Waals surface area contributed by atoms with Crippen LogP contribution in [0.2, 0.25) is 5.15 Å². The Balaban J connectivity index is 1.84. The third-order valence-electron chi connectivity index (χ3n) is 2.62. The first-order valence-corrected chi connectivity index (χ1v) is 6.99. The molecule has 0 radical (unpaired) electrons. The van der Waals surface area contributed by atoms with Gasteiger partial charge in [0.15, 0.2) is 10.8 Å². The fourth-order valence-corrected chi connectivity index (χ4v) is 2.72. The van der Waals surface area contributed by atoms with Gasteiger partial charge in [-0.3, -0.25) is 4.79 Å². The normalized spacial score (nSPS) is 10.7. The number of carbonyl (C=O) groups is 1. The van der Waals surface area contributed by atoms with Gasteiger partial charge in [0.25, 0.3) is 5.91 Å². The van der Waals surface area contributed by atoms with E-state index in [9.17, 15) is 4.79 Å². The van der Waals surface area contributed by atoms with E-state index in [1.54, 1.807) is 11.3 Å². The summed E-state index contributed by atoms with van der Waals surface area (Å²) in [5.41, 5.74) is 1.84. The summed E-state index contributed by atoms with van der Waals surface area (Å²) in [7, 11) is 0. The smallest absolute Gasteiger partial charge is 0.276 e. The number of halogens is 1. The molecule has 7 heteroatoms. The van der Waals surface area contributed by atoms with Gasteiger partial charge in [-0.1, -0.05) is 11.6 Å². The van der Waals surface area contributed by atoms with Crippen LogP contribution in [-0.2, 0) is 0 Å². The van der Waals surface area contributed by atoms with Crippen LogP contribution in [0.15, 0.2) is 30.3 Å². The first-order valence-electron chi connectivity index (χ1n) is 5.79. The average Bonchev–Trinajstić information content (AvgIpc) is 2.78. The minimum Gasteiger partial charge on any atom is -0.321 e. The molecule has 1 N–H and O–H groups in total. The Morgan fingerprint density at radius 3 is 2.85 bits per heavy atom. The molecule has 0 atom stereocenters. The molecule has 1 amide bonds. The van der Waals surface area contributed by atoms with Gasteiger partial charge in [0.1, 0.15) is 0 Å². The van der Waals surface area contributed by atoms with Crippen molar-refractivity contribution >= 4 is 44.7 Å². The van der Waals surface area contributed by atoms with Gasteiger partial charge in [0.05, 0.1) is 15.2 Å². The lowest BCUT2D eigenvalue weighted by molar-refractivity contribution is 0.102. The second kappa shape index (κ2) is 5.15. The average molecular weight is 305 g/mol. The van der Waals surface area contributed by atoms with Gasteiger partial charge < -0.3 is 5.32 Å². The van der Waals surface area contributed by atoms with Crippen LogP contribution in [0, 0.1) is 6.92 Å². The topological polar surface area (TPSA) is 67.8 Å². The molecule has 0 bridgehead atoms. The van der Waals surface area contributed by atoms with E-state index in [-0.39, 0.29) is 16.8 Å². The number of benzene rings is 1. The number of hydrogen-bond acceptors (Lipinski definition) is 5. The number of carbonyl (C=O) groups excluding carboxylic acids is 1. The van der Waals surface area contributed by atoms with Crippen LogP contribution in [0.3, 0.4) is 0 Å². The number of nitrogens with one attached hydrogen (secondary N) is 1. The molecule has 2 heterocycles. The molecule has 0 saturated heterocycles. The maximum atomic E-state index is 12.0. The fraction of sp³-hybridized carbons (Fsp3) is 0.0769. The van der Waals surface area contributed by atoms with Gasteiger partial charge in [0.2, 0.25) is 0 Å². The highest BCUT2D eigenvalue weighted by atomic mass is 35.5. The summed E-state index contributed by atoms with van der Waals surface area (Å²) in [5, 5.41) is 11.4. The fourth-order valence-electron chi connectivity index (χ4n) is 1.75. The summed E-state index contributed by atoms with van der Waals surface area (Å²) in [4.78, 5) is 16.4. The van der Waals surface area contributed by atoms with Crippen LogP contribution in [0.5, 0.6) is 0 Å². The number of amides is 1. The van der Waals surface area contributed by atoms with E-state index in [1.807, 2.05) is 25.1 Å². The number of aromatic nitrogens is 3. The minimum atomic E-state index is -0.324. The number of thiazole rings is 1. The van der Waals surface area contributed by atoms with E-state index >= 15 is 0 Å². The van der Waals surface area contributed by atoms with Crippen LogP contribution >= 0.6 is 22.9 Å². The number of nitrogens with zero attached hydrogens (tertiary/aromatic N) is 3. The Bertz CT molecular complexity index is 785. The molecule has 2 aromatic heterocycles. The molecule has 100 valence electrons. The third-order valence-corrected chi connectivity index (χ3v) is 3.75. The van der Waals surface area contributed by atoms with Crippen molar-refractivity contribution < 1.29 is 4.79 Å². The Hall–Kier alpha value is -2.05. The van der Waals surface area contributed by atoms with Crippen LogP contribution in [-0.4, -0.2) is 21.1 Å². The molecule has 3 aromatic rings. The zero-order valence-electron chi connectivity index (χ0n) is 10.4. The molecular formula is C13H9ClN4OS. The monoisotopic (exact) mass is 304 g/mol. The van der Waals surface area contributed by atoms with Crippen molar-refractivity contribution in [2.45, 2.75) is 6.92 Å². The van der Waals surface area contributed by atoms with E-state index in [1.165, 1.54) is 12.1 Å². The molecule has 0 aliphatic heterocycles. The van der Waals surface area contributed by atoms with Gasteiger partial charge in [-0.2, -0.15) is 0 Å². The first kappa shape index (κ1) is 13.0. The quantitative estimate of drug-likeness (QED) is 0.788. The van der Waals surface area contributed by atoms with Crippen molar-refractivity contribution in [3.8, 4) is 0 Å². The predicted molar refractivity (Wildman–Crippen MR) is 79.4 cm³/mol. The van der Waals surface area contributed by atoms with E-state index in [2.05, 4.69) is 20.5 Å². The predicted octanol–water partition coefficient (Wildman–Crippen LogP) is 3.30. The van der Waals surface area contributed by atoms with E-state index in [0.717, 1.165) is 15.2 Å². The second-order valence-electron chi connectivity index (χ2n) is 4.11. The van der Waals surface area contributed by atoms with E-state index in [4.69, 9.17) is 11.6 Å². The zero-order valence-corrected chi connectivity index (χ0v) is 12.0. The minimum absolute atomic E-state index is 0.218. The lowest BCUT2D eigenvalue weighted by Crippen LogP contribution is -2.14. The first-order chi connectivity index (χ1) is 9.61. The lowest BCUT2D eigenvalue weighted by Gasteiger charge is -2.03.